The van der Waals surface area contributed by atoms with Crippen molar-refractivity contribution in [1.29, 1.82) is 0 Å². The summed E-state index contributed by atoms with van der Waals surface area (Å²) in [6, 6.07) is 54.8. The van der Waals surface area contributed by atoms with Crippen molar-refractivity contribution in [3.05, 3.63) is 241 Å². The predicted octanol–water partition coefficient (Wildman–Crippen LogP) is 22.5. The van der Waals surface area contributed by atoms with Gasteiger partial charge in [-0.1, -0.05) is 124 Å². The van der Waals surface area contributed by atoms with E-state index in [9.17, 15) is 14.9 Å². The molecule has 6 N–H and O–H groups in total. The molecule has 0 unspecified atom stereocenters. The van der Waals surface area contributed by atoms with Gasteiger partial charge in [-0.25, -0.2) is 19.9 Å². The number of carbonyl (C=O) groups is 1. The Morgan fingerprint density at radius 1 is 0.496 bits per heavy atom. The first-order valence-corrected chi connectivity index (χ1v) is 41.1. The summed E-state index contributed by atoms with van der Waals surface area (Å²) in [7, 11) is -0.346. The largest absolute Gasteiger partial charge is 0.496 e. The number of anilines is 3. The van der Waals surface area contributed by atoms with Gasteiger partial charge in [0.05, 0.1) is 66.3 Å². The van der Waals surface area contributed by atoms with Crippen LogP contribution in [-0.2, 0) is 39.9 Å². The maximum absolute atomic E-state index is 10.8. The Kier molecular flexibility index (Phi) is 27.7. The Balaban J connectivity index is 0.000000147. The molecule has 17 rings (SSSR count). The van der Waals surface area contributed by atoms with Crippen LogP contribution in [0.5, 0.6) is 0 Å². The van der Waals surface area contributed by atoms with Gasteiger partial charge in [0, 0.05) is 124 Å². The van der Waals surface area contributed by atoms with Gasteiger partial charge in [-0.2, -0.15) is 15.0 Å². The summed E-state index contributed by atoms with van der Waals surface area (Å²) < 4.78 is 35.2. The van der Waals surface area contributed by atoms with Crippen molar-refractivity contribution < 1.29 is 52.1 Å². The predicted molar refractivity (Wildman–Crippen MR) is 487 cm³/mol. The van der Waals surface area contributed by atoms with Gasteiger partial charge in [-0.05, 0) is 240 Å². The van der Waals surface area contributed by atoms with Crippen LogP contribution in [0.2, 0.25) is 0 Å². The molecule has 10 heterocycles. The summed E-state index contributed by atoms with van der Waals surface area (Å²) in [4.78, 5) is 59.3. The Morgan fingerprint density at radius 3 is 1.39 bits per heavy atom. The zero-order chi connectivity index (χ0) is 86.6. The fourth-order valence-electron chi connectivity index (χ4n) is 13.2. The van der Waals surface area contributed by atoms with Crippen LogP contribution in [0.15, 0.2) is 222 Å². The third-order valence-electron chi connectivity index (χ3n) is 19.2. The van der Waals surface area contributed by atoms with Gasteiger partial charge in [0.2, 0.25) is 0 Å². The van der Waals surface area contributed by atoms with Crippen molar-refractivity contribution in [3.8, 4) is 68.3 Å². The van der Waals surface area contributed by atoms with Crippen molar-refractivity contribution >= 4 is 134 Å². The van der Waals surface area contributed by atoms with Crippen molar-refractivity contribution in [2.45, 2.75) is 165 Å². The van der Waals surface area contributed by atoms with Gasteiger partial charge >= 0.3 is 7.12 Å². The minimum absolute atomic E-state index is 0. The first-order valence-electron chi connectivity index (χ1n) is 38.7. The fourth-order valence-corrected chi connectivity index (χ4v) is 14.2. The van der Waals surface area contributed by atoms with Crippen LogP contribution in [-0.4, -0.2) is 110 Å². The number of nitrogens with zero attached hydrogens (tertiary/aromatic N) is 13. The molecule has 7 aromatic carbocycles. The number of nitrogens with two attached hydrogens (primary N) is 1. The summed E-state index contributed by atoms with van der Waals surface area (Å²) in [5.41, 5.74) is 20.9. The number of fused-ring (bicyclic) bond motifs is 4. The van der Waals surface area contributed by atoms with Crippen LogP contribution < -0.4 is 21.8 Å². The average molecular weight is 1870 g/mol. The average Bonchev–Trinajstić information content (AvgIpc) is 1.65. The molecular weight excluding hydrogens is 1780 g/mol. The van der Waals surface area contributed by atoms with E-state index in [4.69, 9.17) is 38.6 Å². The van der Waals surface area contributed by atoms with Gasteiger partial charge in [0.25, 0.3) is 23.4 Å². The standard InChI is InChI=1S/C27H24N6O.C20H19BrN4O.C13H17BN2O2.C10H13BrN2O2.C10H15BrN2.C10H8N2O2.Zn/c1-16-30-26(34-32-16)21-8-6-5-7-20(21)25-31-22-14-17(9-10-23(22)33(25)27(2,3)4)19-13-18-11-12-28-24(18)29-15-19;1-12-22-19(26-24-12)15-8-6-5-7-14(15)18-23-16-11-13(21)9-10-17(16)25(18)20(2,3)4;1-12(2)13(3,4)18-14(17-12)10-7-9-5-6-15-11(9)16-8-10;1-10(2,3)12-8-5-4-7(11)6-9(8)13(14)15;1-10(2,3)13-9-5-4-7(11)6-8(9)12;1-7-11-10(14-12-7)9-5-3-2-4-8(9)6-13;/h5-15H,1-4H3,(H,28,29);5-11H,1-4H3;5-8H,1-4H3,(H,15,16);4-6,12H,1-3H3;4-6,13H,12H2,1-3H3;2-6H,1H3;. The maximum Gasteiger partial charge on any atom is 0.496 e. The molecule has 1 saturated heterocycles. The summed E-state index contributed by atoms with van der Waals surface area (Å²) in [5, 5.41) is 31.0. The number of H-pyrrole nitrogens is 2. The van der Waals surface area contributed by atoms with E-state index < -0.39 is 4.92 Å². The monoisotopic (exact) mass is 1870 g/mol. The molecule has 1 aliphatic rings. The number of carbonyl (C=O) groups excluding carboxylic acids is 1. The van der Waals surface area contributed by atoms with Crippen molar-refractivity contribution in [3.63, 3.8) is 0 Å². The zero-order valence-corrected chi connectivity index (χ0v) is 78.9. The summed E-state index contributed by atoms with van der Waals surface area (Å²) >= 11 is 10.1. The number of aldehydes is 1. The Hall–Kier alpha value is -11.2. The van der Waals surface area contributed by atoms with Crippen LogP contribution in [0.25, 0.3) is 112 Å². The summed E-state index contributed by atoms with van der Waals surface area (Å²) in [5.74, 6) is 4.90. The number of nitrogen functional groups attached to an aromatic ring is 1. The van der Waals surface area contributed by atoms with E-state index in [1.54, 1.807) is 43.5 Å². The fraction of sp³-hybridized carbons (Fsp3) is 0.278. The molecule has 31 heteroatoms. The van der Waals surface area contributed by atoms with E-state index in [1.165, 1.54) is 6.07 Å². The van der Waals surface area contributed by atoms with Crippen LogP contribution in [0, 0.1) is 30.9 Å². The molecule has 26 nitrogen and oxygen atoms in total. The molecule has 1 fully saturated rings. The topological polar surface area (TPSA) is 339 Å². The van der Waals surface area contributed by atoms with Crippen LogP contribution >= 0.6 is 47.8 Å². The van der Waals surface area contributed by atoms with Gasteiger partial charge in [-0.15, -0.1) is 0 Å². The number of halogens is 3. The normalized spacial score (nSPS) is 13.0. The van der Waals surface area contributed by atoms with E-state index >= 15 is 0 Å². The number of aromatic amines is 2. The number of pyridine rings is 2. The molecule has 1 aliphatic heterocycles. The number of nitrogens with one attached hydrogen (secondary N) is 4. The molecular formula is C90H96BBr3N18O8Zn. The quantitative estimate of drug-likeness (QED) is 0.0264. The Labute approximate surface area is 740 Å². The van der Waals surface area contributed by atoms with E-state index in [0.717, 1.165) is 121 Å². The second-order valence-electron chi connectivity index (χ2n) is 33.8. The maximum atomic E-state index is 10.8. The number of nitro groups is 1. The number of hydrogen-bond donors (Lipinski definition) is 5. The number of benzene rings is 7. The molecule has 9 aromatic heterocycles. The van der Waals surface area contributed by atoms with Gasteiger partial charge in [-0.3, -0.25) is 14.9 Å². The van der Waals surface area contributed by atoms with Crippen molar-refractivity contribution in [2.75, 3.05) is 16.4 Å². The first-order chi connectivity index (χ1) is 56.6. The number of rotatable bonds is 11. The van der Waals surface area contributed by atoms with E-state index in [1.807, 2.05) is 144 Å². The number of hydrogen-bond acceptors (Lipinski definition) is 21. The van der Waals surface area contributed by atoms with Gasteiger partial charge in [0.15, 0.2) is 23.8 Å². The van der Waals surface area contributed by atoms with E-state index in [2.05, 4.69) is 250 Å². The van der Waals surface area contributed by atoms with Crippen LogP contribution in [0.3, 0.4) is 0 Å². The number of aryl methyl sites for hydroxylation is 3. The molecule has 121 heavy (non-hydrogen) atoms. The number of aromatic nitrogens is 14. The number of nitro benzene ring substituents is 1. The van der Waals surface area contributed by atoms with Crippen molar-refractivity contribution in [2.24, 2.45) is 0 Å². The van der Waals surface area contributed by atoms with Gasteiger partial charge < -0.3 is 58.3 Å². The number of imidazole rings is 2. The minimum Gasteiger partial charge on any atom is -0.399 e. The molecule has 0 amide bonds. The molecule has 620 valence electrons. The summed E-state index contributed by atoms with van der Waals surface area (Å²) in [6.45, 7) is 38.9. The van der Waals surface area contributed by atoms with Gasteiger partial charge in [0.1, 0.15) is 28.6 Å². The minimum atomic E-state index is -0.390. The van der Waals surface area contributed by atoms with Crippen molar-refractivity contribution in [1.82, 2.24) is 69.5 Å². The van der Waals surface area contributed by atoms with Crippen LogP contribution in [0.4, 0.5) is 22.7 Å². The second kappa shape index (κ2) is 37.0. The molecule has 16 aromatic rings. The Bertz CT molecular complexity index is 6340. The third kappa shape index (κ3) is 21.9. The van der Waals surface area contributed by atoms with E-state index in [-0.39, 0.29) is 65.6 Å². The second-order valence-corrected chi connectivity index (χ2v) is 36.5. The Morgan fingerprint density at radius 2 is 0.917 bits per heavy atom. The molecule has 0 radical (unpaired) electrons. The molecule has 0 bridgehead atoms. The first kappa shape index (κ1) is 90.6. The molecule has 0 aliphatic carbocycles. The molecule has 0 spiro atoms. The SMILES string of the molecule is CC(C)(C)Nc1ccc(Br)cc1N.CC(C)(C)Nc1ccc(Br)cc1[N+](=O)[O-].CC1(C)OB(c2cnc3[nH]ccc3c2)OC1(C)C.Cc1noc(-c2ccccc2-c2nc3cc(-c4cnc5[nH]ccc5c4)ccc3n2C(C)(C)C)n1.Cc1noc(-c2ccccc2-c2nc3cc(Br)ccc3n2C(C)(C)C)n1.Cc1noc(-c2ccccc2C=O)n1.[Zn]. The third-order valence-corrected chi connectivity index (χ3v) is 20.7. The molecule has 0 saturated carbocycles. The molecule has 0 atom stereocenters. The van der Waals surface area contributed by atoms with E-state index in [0.29, 0.717) is 56.4 Å². The zero-order valence-electron chi connectivity index (χ0n) is 71.1. The smallest absolute Gasteiger partial charge is 0.399 e. The summed E-state index contributed by atoms with van der Waals surface area (Å²) in [6.07, 6.45) is 8.26. The van der Waals surface area contributed by atoms with Crippen LogP contribution in [0.1, 0.15) is 139 Å².